The van der Waals surface area contributed by atoms with Crippen molar-refractivity contribution in [3.63, 3.8) is 0 Å². The topological polar surface area (TPSA) is 54.9 Å². The molecule has 0 saturated heterocycles. The Morgan fingerprint density at radius 3 is 2.42 bits per heavy atom. The molecule has 0 saturated carbocycles. The number of carbonyl (C=O) groups excluding carboxylic acids is 1. The van der Waals surface area contributed by atoms with Gasteiger partial charge in [0.15, 0.2) is 0 Å². The van der Waals surface area contributed by atoms with Gasteiger partial charge in [-0.05, 0) is 31.5 Å². The van der Waals surface area contributed by atoms with Crippen LogP contribution >= 0.6 is 23.2 Å². The lowest BCUT2D eigenvalue weighted by Gasteiger charge is -2.06. The predicted octanol–water partition coefficient (Wildman–Crippen LogP) is 2.87. The fraction of sp³-hybridized carbons (Fsp3) is 0.231. The highest BCUT2D eigenvalue weighted by atomic mass is 35.5. The van der Waals surface area contributed by atoms with E-state index in [1.54, 1.807) is 27.0 Å². The van der Waals surface area contributed by atoms with E-state index >= 15 is 0 Å². The minimum atomic E-state index is -0.399. The van der Waals surface area contributed by atoms with Crippen LogP contribution in [0.5, 0.6) is 0 Å². The van der Waals surface area contributed by atoms with Gasteiger partial charge < -0.3 is 0 Å². The van der Waals surface area contributed by atoms with Gasteiger partial charge in [-0.25, -0.2) is 0 Å². The third-order valence-corrected chi connectivity index (χ3v) is 3.92. The molecule has 0 radical (unpaired) electrons. The lowest BCUT2D eigenvalue weighted by Crippen LogP contribution is -2.20. The summed E-state index contributed by atoms with van der Waals surface area (Å²) in [7, 11) is 1.56. The number of carbonyl (C=O) groups is 1. The van der Waals surface area contributed by atoms with Gasteiger partial charge in [0.2, 0.25) is 5.78 Å². The molecule has 100 valence electrons. The zero-order chi connectivity index (χ0) is 14.3. The third-order valence-electron chi connectivity index (χ3n) is 3.02. The number of rotatable bonds is 2. The highest BCUT2D eigenvalue weighted by Crippen LogP contribution is 2.28. The average Bonchev–Trinajstić information content (AvgIpc) is 2.60. The maximum Gasteiger partial charge on any atom is 0.277 e. The van der Waals surface area contributed by atoms with Crippen molar-refractivity contribution in [1.29, 1.82) is 0 Å². The van der Waals surface area contributed by atoms with E-state index in [-0.39, 0.29) is 21.7 Å². The molecule has 0 unspecified atom stereocenters. The Balaban J connectivity index is 2.63. The summed E-state index contributed by atoms with van der Waals surface area (Å²) in [5, 5.41) is 3.55. The first-order chi connectivity index (χ1) is 8.84. The first-order valence-corrected chi connectivity index (χ1v) is 6.35. The van der Waals surface area contributed by atoms with E-state index in [1.807, 2.05) is 0 Å². The summed E-state index contributed by atoms with van der Waals surface area (Å²) < 4.78 is 1.26. The molecule has 0 bridgehead atoms. The molecule has 6 heteroatoms. The lowest BCUT2D eigenvalue weighted by molar-refractivity contribution is 0.103. The van der Waals surface area contributed by atoms with Gasteiger partial charge in [-0.15, -0.1) is 0 Å². The Morgan fingerprint density at radius 2 is 1.89 bits per heavy atom. The fourth-order valence-corrected chi connectivity index (χ4v) is 2.38. The Labute approximate surface area is 119 Å². The highest BCUT2D eigenvalue weighted by molar-refractivity contribution is 6.38. The van der Waals surface area contributed by atoms with Crippen molar-refractivity contribution in [2.75, 3.05) is 0 Å². The fourth-order valence-electron chi connectivity index (χ4n) is 1.93. The van der Waals surface area contributed by atoms with Gasteiger partial charge in [0, 0.05) is 23.3 Å². The van der Waals surface area contributed by atoms with Crippen molar-refractivity contribution < 1.29 is 4.79 Å². The Kier molecular flexibility index (Phi) is 3.56. The third kappa shape index (κ3) is 2.22. The van der Waals surface area contributed by atoms with Crippen LogP contribution in [0.1, 0.15) is 27.2 Å². The Morgan fingerprint density at radius 1 is 1.26 bits per heavy atom. The van der Waals surface area contributed by atoms with E-state index in [1.165, 1.54) is 10.7 Å². The zero-order valence-electron chi connectivity index (χ0n) is 10.7. The van der Waals surface area contributed by atoms with Crippen molar-refractivity contribution >= 4 is 29.0 Å². The van der Waals surface area contributed by atoms with Crippen LogP contribution in [0.25, 0.3) is 0 Å². The molecule has 4 nitrogen and oxygen atoms in total. The van der Waals surface area contributed by atoms with Crippen LogP contribution in [0, 0.1) is 13.8 Å². The minimum Gasteiger partial charge on any atom is -0.299 e. The number of aryl methyl sites for hydroxylation is 2. The van der Waals surface area contributed by atoms with Crippen molar-refractivity contribution in [3.05, 3.63) is 54.9 Å². The first kappa shape index (κ1) is 13.9. The van der Waals surface area contributed by atoms with E-state index in [9.17, 15) is 9.59 Å². The monoisotopic (exact) mass is 298 g/mol. The summed E-state index contributed by atoms with van der Waals surface area (Å²) in [5.74, 6) is -0.399. The average molecular weight is 299 g/mol. The highest BCUT2D eigenvalue weighted by Gasteiger charge is 2.22. The molecular formula is C13H12Cl2N2O2. The second-order valence-corrected chi connectivity index (χ2v) is 5.12. The molecule has 0 aliphatic rings. The van der Waals surface area contributed by atoms with Gasteiger partial charge in [0.1, 0.15) is 5.56 Å². The van der Waals surface area contributed by atoms with Crippen molar-refractivity contribution in [3.8, 4) is 0 Å². The van der Waals surface area contributed by atoms with Crippen LogP contribution < -0.4 is 5.56 Å². The van der Waals surface area contributed by atoms with Gasteiger partial charge in [-0.2, -0.15) is 0 Å². The number of aromatic nitrogens is 2. The van der Waals surface area contributed by atoms with E-state index in [2.05, 4.69) is 5.10 Å². The number of halogens is 2. The summed E-state index contributed by atoms with van der Waals surface area (Å²) in [5.41, 5.74) is 1.15. The van der Waals surface area contributed by atoms with Crippen molar-refractivity contribution in [2.45, 2.75) is 13.8 Å². The van der Waals surface area contributed by atoms with Crippen molar-refractivity contribution in [2.24, 2.45) is 7.05 Å². The van der Waals surface area contributed by atoms with Crippen LogP contribution in [0.15, 0.2) is 16.9 Å². The summed E-state index contributed by atoms with van der Waals surface area (Å²) in [4.78, 5) is 24.3. The van der Waals surface area contributed by atoms with Crippen LogP contribution in [0.4, 0.5) is 0 Å². The molecule has 0 spiro atoms. The molecule has 0 amide bonds. The molecular weight excluding hydrogens is 287 g/mol. The standard InChI is InChI=1S/C13H12Cl2N2O2/c1-6-9(14)5-4-8(11(6)15)12(18)10-7(2)16-17(3)13(10)19/h4-5,16H,1-3H3. The number of hydrogen-bond acceptors (Lipinski definition) is 2. The van der Waals surface area contributed by atoms with Crippen molar-refractivity contribution in [1.82, 2.24) is 9.78 Å². The molecule has 1 N–H and O–H groups in total. The summed E-state index contributed by atoms with van der Waals surface area (Å²) in [6.07, 6.45) is 0. The van der Waals surface area contributed by atoms with Gasteiger partial charge in [-0.3, -0.25) is 19.4 Å². The van der Waals surface area contributed by atoms with Gasteiger partial charge in [0.25, 0.3) is 5.56 Å². The smallest absolute Gasteiger partial charge is 0.277 e. The lowest BCUT2D eigenvalue weighted by atomic mass is 10.0. The van der Waals surface area contributed by atoms with Crippen LogP contribution in [0.3, 0.4) is 0 Å². The van der Waals surface area contributed by atoms with Crippen LogP contribution in [-0.2, 0) is 7.05 Å². The maximum absolute atomic E-state index is 12.4. The quantitative estimate of drug-likeness (QED) is 0.867. The number of benzene rings is 1. The van der Waals surface area contributed by atoms with Gasteiger partial charge in [0.05, 0.1) is 5.02 Å². The summed E-state index contributed by atoms with van der Waals surface area (Å²) in [6.45, 7) is 3.40. The molecule has 19 heavy (non-hydrogen) atoms. The molecule has 0 aliphatic heterocycles. The number of ketones is 1. The summed E-state index contributed by atoms with van der Waals surface area (Å²) in [6, 6.07) is 3.13. The summed E-state index contributed by atoms with van der Waals surface area (Å²) >= 11 is 12.1. The van der Waals surface area contributed by atoms with Crippen LogP contribution in [-0.4, -0.2) is 15.6 Å². The molecule has 1 heterocycles. The number of aromatic amines is 1. The van der Waals surface area contributed by atoms with E-state index in [0.29, 0.717) is 16.3 Å². The molecule has 0 aliphatic carbocycles. The molecule has 2 rings (SSSR count). The van der Waals surface area contributed by atoms with E-state index < -0.39 is 5.78 Å². The molecule has 2 aromatic rings. The maximum atomic E-state index is 12.4. The largest absolute Gasteiger partial charge is 0.299 e. The molecule has 0 fully saturated rings. The van der Waals surface area contributed by atoms with Crippen LogP contribution in [0.2, 0.25) is 10.0 Å². The number of H-pyrrole nitrogens is 1. The van der Waals surface area contributed by atoms with Gasteiger partial charge >= 0.3 is 0 Å². The second-order valence-electron chi connectivity index (χ2n) is 4.34. The molecule has 1 aromatic carbocycles. The SMILES string of the molecule is Cc1[nH]n(C)c(=O)c1C(=O)c1ccc(Cl)c(C)c1Cl. The number of nitrogens with zero attached hydrogens (tertiary/aromatic N) is 1. The second kappa shape index (κ2) is 4.87. The predicted molar refractivity (Wildman–Crippen MR) is 75.4 cm³/mol. The molecule has 0 atom stereocenters. The van der Waals surface area contributed by atoms with E-state index in [4.69, 9.17) is 23.2 Å². The number of nitrogens with one attached hydrogen (secondary N) is 1. The number of hydrogen-bond donors (Lipinski definition) is 1. The van der Waals surface area contributed by atoms with Gasteiger partial charge in [-0.1, -0.05) is 23.2 Å². The Hall–Kier alpha value is -1.52. The first-order valence-electron chi connectivity index (χ1n) is 5.59. The zero-order valence-corrected chi connectivity index (χ0v) is 12.2. The normalized spacial score (nSPS) is 10.8. The molecule has 1 aromatic heterocycles. The Bertz CT molecular complexity index is 729. The minimum absolute atomic E-state index is 0.103. The van der Waals surface area contributed by atoms with E-state index in [0.717, 1.165) is 0 Å².